The summed E-state index contributed by atoms with van der Waals surface area (Å²) in [5.41, 5.74) is 3.74. The van der Waals surface area contributed by atoms with Crippen molar-refractivity contribution in [3.05, 3.63) is 71.8 Å². The van der Waals surface area contributed by atoms with Crippen LogP contribution in [0.15, 0.2) is 60.7 Å². The second-order valence-corrected chi connectivity index (χ2v) is 5.71. The third-order valence-electron chi connectivity index (χ3n) is 4.15. The van der Waals surface area contributed by atoms with Crippen LogP contribution >= 0.6 is 0 Å². The summed E-state index contributed by atoms with van der Waals surface area (Å²) in [6, 6.07) is 20.8. The Labute approximate surface area is 126 Å². The van der Waals surface area contributed by atoms with Gasteiger partial charge in [0.2, 0.25) is 0 Å². The van der Waals surface area contributed by atoms with E-state index < -0.39 is 0 Å². The first kappa shape index (κ1) is 13.8. The van der Waals surface area contributed by atoms with Crippen LogP contribution in [-0.2, 0) is 4.79 Å². The molecule has 1 nitrogen and oxygen atoms in total. The molecular weight excluding hydrogens is 256 g/mol. The molecule has 1 unspecified atom stereocenters. The maximum atomic E-state index is 11.8. The molecule has 1 saturated carbocycles. The average molecular weight is 276 g/mol. The Kier molecular flexibility index (Phi) is 4.30. The van der Waals surface area contributed by atoms with Crippen molar-refractivity contribution in [2.45, 2.75) is 25.7 Å². The number of benzene rings is 2. The molecular formula is C20H20O. The molecule has 1 aliphatic rings. The van der Waals surface area contributed by atoms with Crippen molar-refractivity contribution < 1.29 is 4.79 Å². The van der Waals surface area contributed by atoms with E-state index in [1.165, 1.54) is 16.7 Å². The van der Waals surface area contributed by atoms with Crippen molar-refractivity contribution in [1.82, 2.24) is 0 Å². The summed E-state index contributed by atoms with van der Waals surface area (Å²) in [5.74, 6) is 0.759. The molecule has 0 aromatic heterocycles. The number of hydrogen-bond acceptors (Lipinski definition) is 1. The highest BCUT2D eigenvalue weighted by Gasteiger charge is 2.23. The Balaban J connectivity index is 1.99. The lowest BCUT2D eigenvalue weighted by molar-refractivity contribution is -0.120. The van der Waals surface area contributed by atoms with Crippen molar-refractivity contribution in [2.75, 3.05) is 0 Å². The lowest BCUT2D eigenvalue weighted by atomic mass is 9.79. The molecule has 1 fully saturated rings. The molecule has 1 heteroatoms. The number of Topliss-reactive ketones (excluding diaryl/α,β-unsaturated/α-hetero) is 1. The molecule has 0 N–H and O–H groups in total. The van der Waals surface area contributed by atoms with Crippen LogP contribution in [0, 0.1) is 5.92 Å². The van der Waals surface area contributed by atoms with Gasteiger partial charge in [0.15, 0.2) is 0 Å². The smallest absolute Gasteiger partial charge is 0.133 e. The van der Waals surface area contributed by atoms with E-state index in [2.05, 4.69) is 54.6 Å². The van der Waals surface area contributed by atoms with Gasteiger partial charge >= 0.3 is 0 Å². The number of allylic oxidation sites excluding steroid dienone is 1. The molecule has 0 spiro atoms. The summed E-state index contributed by atoms with van der Waals surface area (Å²) in [4.78, 5) is 11.8. The number of carbonyl (C=O) groups is 1. The Bertz CT molecular complexity index is 625. The minimum atomic E-state index is 0.355. The molecule has 0 bridgehead atoms. The summed E-state index contributed by atoms with van der Waals surface area (Å²) in [5, 5.41) is 0. The Hall–Kier alpha value is -2.15. The van der Waals surface area contributed by atoms with Gasteiger partial charge in [0, 0.05) is 12.8 Å². The SMILES string of the molecule is O=C1CCCC(/C(=C/c2ccccc2)c2ccccc2)C1. The summed E-state index contributed by atoms with van der Waals surface area (Å²) in [6.45, 7) is 0. The average Bonchev–Trinajstić information content (AvgIpc) is 2.54. The Morgan fingerprint density at radius 3 is 2.29 bits per heavy atom. The lowest BCUT2D eigenvalue weighted by Gasteiger charge is -2.24. The van der Waals surface area contributed by atoms with Gasteiger partial charge in [-0.25, -0.2) is 0 Å². The first-order chi connectivity index (χ1) is 10.3. The monoisotopic (exact) mass is 276 g/mol. The molecule has 0 heterocycles. The summed E-state index contributed by atoms with van der Waals surface area (Å²) in [6.07, 6.45) is 5.82. The molecule has 21 heavy (non-hydrogen) atoms. The first-order valence-corrected chi connectivity index (χ1v) is 7.67. The summed E-state index contributed by atoms with van der Waals surface area (Å²) < 4.78 is 0. The van der Waals surface area contributed by atoms with Crippen LogP contribution in [0.3, 0.4) is 0 Å². The van der Waals surface area contributed by atoms with E-state index >= 15 is 0 Å². The number of carbonyl (C=O) groups excluding carboxylic acids is 1. The lowest BCUT2D eigenvalue weighted by Crippen LogP contribution is -2.16. The topological polar surface area (TPSA) is 17.1 Å². The maximum absolute atomic E-state index is 11.8. The maximum Gasteiger partial charge on any atom is 0.133 e. The van der Waals surface area contributed by atoms with E-state index in [4.69, 9.17) is 0 Å². The van der Waals surface area contributed by atoms with Gasteiger partial charge < -0.3 is 0 Å². The number of hydrogen-bond donors (Lipinski definition) is 0. The highest BCUT2D eigenvalue weighted by atomic mass is 16.1. The largest absolute Gasteiger partial charge is 0.300 e. The zero-order valence-electron chi connectivity index (χ0n) is 12.2. The second kappa shape index (κ2) is 6.53. The van der Waals surface area contributed by atoms with Crippen molar-refractivity contribution >= 4 is 17.4 Å². The van der Waals surface area contributed by atoms with Crippen LogP contribution in [0.5, 0.6) is 0 Å². The highest BCUT2D eigenvalue weighted by Crippen LogP contribution is 2.35. The third kappa shape index (κ3) is 3.49. The summed E-state index contributed by atoms with van der Waals surface area (Å²) in [7, 11) is 0. The van der Waals surface area contributed by atoms with Gasteiger partial charge in [0.05, 0.1) is 0 Å². The van der Waals surface area contributed by atoms with Crippen LogP contribution < -0.4 is 0 Å². The fourth-order valence-corrected chi connectivity index (χ4v) is 3.09. The van der Waals surface area contributed by atoms with Crippen LogP contribution in [0.25, 0.3) is 11.6 Å². The molecule has 106 valence electrons. The minimum Gasteiger partial charge on any atom is -0.300 e. The molecule has 0 amide bonds. The van der Waals surface area contributed by atoms with Gasteiger partial charge in [-0.3, -0.25) is 4.79 Å². The minimum absolute atomic E-state index is 0.355. The predicted octanol–water partition coefficient (Wildman–Crippen LogP) is 4.99. The molecule has 3 rings (SSSR count). The molecule has 2 aromatic rings. The standard InChI is InChI=1S/C20H20O/c21-19-13-7-12-18(15-19)20(17-10-5-2-6-11-17)14-16-8-3-1-4-9-16/h1-6,8-11,14,18H,7,12-13,15H2/b20-14+. The van der Waals surface area contributed by atoms with Gasteiger partial charge in [-0.1, -0.05) is 66.7 Å². The zero-order valence-corrected chi connectivity index (χ0v) is 12.2. The molecule has 2 aromatic carbocycles. The molecule has 0 radical (unpaired) electrons. The van der Waals surface area contributed by atoms with Crippen LogP contribution in [0.4, 0.5) is 0 Å². The first-order valence-electron chi connectivity index (χ1n) is 7.67. The predicted molar refractivity (Wildman–Crippen MR) is 87.7 cm³/mol. The van der Waals surface area contributed by atoms with Gasteiger partial charge in [-0.15, -0.1) is 0 Å². The molecule has 1 aliphatic carbocycles. The van der Waals surface area contributed by atoms with E-state index in [1.807, 2.05) is 12.1 Å². The van der Waals surface area contributed by atoms with Crippen LogP contribution in [-0.4, -0.2) is 5.78 Å². The van der Waals surface area contributed by atoms with Gasteiger partial charge in [-0.2, -0.15) is 0 Å². The summed E-state index contributed by atoms with van der Waals surface area (Å²) >= 11 is 0. The van der Waals surface area contributed by atoms with E-state index in [0.29, 0.717) is 18.1 Å². The second-order valence-electron chi connectivity index (χ2n) is 5.71. The normalized spacial score (nSPS) is 19.5. The van der Waals surface area contributed by atoms with Crippen molar-refractivity contribution in [1.29, 1.82) is 0 Å². The van der Waals surface area contributed by atoms with Crippen LogP contribution in [0.2, 0.25) is 0 Å². The van der Waals surface area contributed by atoms with E-state index in [9.17, 15) is 4.79 Å². The van der Waals surface area contributed by atoms with Gasteiger partial charge in [-0.05, 0) is 35.5 Å². The number of ketones is 1. The highest BCUT2D eigenvalue weighted by molar-refractivity contribution is 5.87. The van der Waals surface area contributed by atoms with Crippen LogP contribution in [0.1, 0.15) is 36.8 Å². The van der Waals surface area contributed by atoms with Crippen molar-refractivity contribution in [3.63, 3.8) is 0 Å². The molecule has 0 saturated heterocycles. The van der Waals surface area contributed by atoms with E-state index in [0.717, 1.165) is 19.3 Å². The molecule has 1 atom stereocenters. The van der Waals surface area contributed by atoms with E-state index in [1.54, 1.807) is 0 Å². The Morgan fingerprint density at radius 2 is 1.62 bits per heavy atom. The van der Waals surface area contributed by atoms with Gasteiger partial charge in [0.25, 0.3) is 0 Å². The third-order valence-corrected chi connectivity index (χ3v) is 4.15. The quantitative estimate of drug-likeness (QED) is 0.722. The van der Waals surface area contributed by atoms with E-state index in [-0.39, 0.29) is 0 Å². The Morgan fingerprint density at radius 1 is 0.952 bits per heavy atom. The fraction of sp³-hybridized carbons (Fsp3) is 0.250. The van der Waals surface area contributed by atoms with Crippen molar-refractivity contribution in [2.24, 2.45) is 5.92 Å². The number of rotatable bonds is 3. The van der Waals surface area contributed by atoms with Crippen molar-refractivity contribution in [3.8, 4) is 0 Å². The van der Waals surface area contributed by atoms with Gasteiger partial charge in [0.1, 0.15) is 5.78 Å². The molecule has 0 aliphatic heterocycles. The zero-order chi connectivity index (χ0) is 14.5. The fourth-order valence-electron chi connectivity index (χ4n) is 3.09.